The maximum Gasteiger partial charge on any atom is 0.264 e. The highest BCUT2D eigenvalue weighted by atomic mass is 35.5. The highest BCUT2D eigenvalue weighted by molar-refractivity contribution is 7.92. The van der Waals surface area contributed by atoms with Gasteiger partial charge in [-0.05, 0) is 79.4 Å². The van der Waals surface area contributed by atoms with E-state index in [0.29, 0.717) is 28.0 Å². The van der Waals surface area contributed by atoms with Crippen LogP contribution in [0.3, 0.4) is 0 Å². The minimum absolute atomic E-state index is 0.00614. The molecular formula is C37H39Cl2N3O5S. The van der Waals surface area contributed by atoms with Gasteiger partial charge in [0, 0.05) is 19.0 Å². The standard InChI is InChI=1S/C37H39Cl2N3O5S/c1-2-47-31-20-18-30(19-21-31)42(48(45,46)32-15-7-4-8-16-32)26-36(43)41(25-28-17-22-33(38)34(39)23-28)35(24-27-11-5-3-6-12-27)37(44)40-29-13-9-10-14-29/h3-8,11-12,15-23,29,35H,2,9-10,13-14,24-26H2,1H3,(H,40,44)/t35-/m1/s1. The van der Waals surface area contributed by atoms with Gasteiger partial charge in [-0.15, -0.1) is 0 Å². The van der Waals surface area contributed by atoms with Gasteiger partial charge in [0.25, 0.3) is 10.0 Å². The SMILES string of the molecule is CCOc1ccc(N(CC(=O)N(Cc2ccc(Cl)c(Cl)c2)[C@H](Cc2ccccc2)C(=O)NC2CCCC2)S(=O)(=O)c2ccccc2)cc1. The van der Waals surface area contributed by atoms with Crippen LogP contribution in [0.25, 0.3) is 0 Å². The monoisotopic (exact) mass is 707 g/mol. The molecule has 2 amide bonds. The average Bonchev–Trinajstić information content (AvgIpc) is 3.61. The van der Waals surface area contributed by atoms with Gasteiger partial charge in [-0.3, -0.25) is 13.9 Å². The van der Waals surface area contributed by atoms with E-state index >= 15 is 0 Å². The largest absolute Gasteiger partial charge is 0.494 e. The van der Waals surface area contributed by atoms with Crippen LogP contribution >= 0.6 is 23.2 Å². The summed E-state index contributed by atoms with van der Waals surface area (Å²) in [7, 11) is -4.21. The topological polar surface area (TPSA) is 96.0 Å². The second-order valence-corrected chi connectivity index (χ2v) is 14.4. The van der Waals surface area contributed by atoms with Crippen molar-refractivity contribution >= 4 is 50.7 Å². The summed E-state index contributed by atoms with van der Waals surface area (Å²) in [5.41, 5.74) is 1.78. The predicted molar refractivity (Wildman–Crippen MR) is 190 cm³/mol. The molecule has 0 saturated heterocycles. The Morgan fingerprint density at radius 2 is 1.50 bits per heavy atom. The number of ether oxygens (including phenoxy) is 1. The molecule has 1 aliphatic carbocycles. The van der Waals surface area contributed by atoms with Crippen molar-refractivity contribution in [3.63, 3.8) is 0 Å². The highest BCUT2D eigenvalue weighted by Crippen LogP contribution is 2.28. The zero-order valence-electron chi connectivity index (χ0n) is 26.7. The molecular weight excluding hydrogens is 669 g/mol. The van der Waals surface area contributed by atoms with Gasteiger partial charge in [0.1, 0.15) is 18.3 Å². The van der Waals surface area contributed by atoms with Crippen LogP contribution in [0.15, 0.2) is 108 Å². The summed E-state index contributed by atoms with van der Waals surface area (Å²) in [6.45, 7) is 1.73. The third-order valence-corrected chi connectivity index (χ3v) is 10.9. The first kappa shape index (κ1) is 35.3. The first-order chi connectivity index (χ1) is 23.2. The van der Waals surface area contributed by atoms with Crippen LogP contribution in [-0.2, 0) is 32.6 Å². The van der Waals surface area contributed by atoms with Crippen LogP contribution in [0, 0.1) is 0 Å². The van der Waals surface area contributed by atoms with Crippen molar-refractivity contribution < 1.29 is 22.7 Å². The van der Waals surface area contributed by atoms with Crippen LogP contribution in [0.1, 0.15) is 43.7 Å². The summed E-state index contributed by atoms with van der Waals surface area (Å²) < 4.78 is 35.0. The van der Waals surface area contributed by atoms with E-state index < -0.39 is 28.5 Å². The molecule has 1 atom stereocenters. The Bertz CT molecular complexity index is 1790. The van der Waals surface area contributed by atoms with Crippen molar-refractivity contribution in [2.75, 3.05) is 17.5 Å². The number of benzene rings is 4. The van der Waals surface area contributed by atoms with Crippen LogP contribution in [0.4, 0.5) is 5.69 Å². The van der Waals surface area contributed by atoms with E-state index in [1.807, 2.05) is 37.3 Å². The number of nitrogens with zero attached hydrogens (tertiary/aromatic N) is 2. The highest BCUT2D eigenvalue weighted by Gasteiger charge is 2.35. The molecule has 0 radical (unpaired) electrons. The fourth-order valence-corrected chi connectivity index (χ4v) is 7.64. The lowest BCUT2D eigenvalue weighted by atomic mass is 10.0. The minimum atomic E-state index is -4.21. The van der Waals surface area contributed by atoms with Crippen LogP contribution in [0.5, 0.6) is 5.75 Å². The van der Waals surface area contributed by atoms with Gasteiger partial charge in [-0.25, -0.2) is 8.42 Å². The van der Waals surface area contributed by atoms with Gasteiger partial charge < -0.3 is 15.0 Å². The second-order valence-electron chi connectivity index (χ2n) is 11.7. The number of halogens is 2. The minimum Gasteiger partial charge on any atom is -0.494 e. The first-order valence-electron chi connectivity index (χ1n) is 16.0. The Labute approximate surface area is 292 Å². The van der Waals surface area contributed by atoms with E-state index in [-0.39, 0.29) is 35.5 Å². The molecule has 48 heavy (non-hydrogen) atoms. The van der Waals surface area contributed by atoms with Gasteiger partial charge in [0.05, 0.1) is 27.2 Å². The summed E-state index contributed by atoms with van der Waals surface area (Å²) in [5.74, 6) is -0.285. The fourth-order valence-electron chi connectivity index (χ4n) is 5.88. The van der Waals surface area contributed by atoms with Gasteiger partial charge in [0.2, 0.25) is 11.8 Å². The van der Waals surface area contributed by atoms with Crippen molar-refractivity contribution in [3.8, 4) is 5.75 Å². The number of rotatable bonds is 14. The summed E-state index contributed by atoms with van der Waals surface area (Å²) in [6.07, 6.45) is 4.00. The van der Waals surface area contributed by atoms with Crippen LogP contribution in [0.2, 0.25) is 10.0 Å². The van der Waals surface area contributed by atoms with E-state index in [2.05, 4.69) is 5.32 Å². The molecule has 1 saturated carbocycles. The molecule has 1 aliphatic rings. The van der Waals surface area contributed by atoms with Gasteiger partial charge in [-0.1, -0.05) is 90.6 Å². The maximum absolute atomic E-state index is 14.7. The smallest absolute Gasteiger partial charge is 0.264 e. The maximum atomic E-state index is 14.7. The number of sulfonamides is 1. The molecule has 4 aromatic carbocycles. The van der Waals surface area contributed by atoms with Crippen molar-refractivity contribution in [1.82, 2.24) is 10.2 Å². The lowest BCUT2D eigenvalue weighted by Gasteiger charge is -2.34. The molecule has 0 aliphatic heterocycles. The Morgan fingerprint density at radius 1 is 0.854 bits per heavy atom. The molecule has 0 unspecified atom stereocenters. The Morgan fingerprint density at radius 3 is 2.12 bits per heavy atom. The van der Waals surface area contributed by atoms with E-state index in [1.165, 1.54) is 17.0 Å². The van der Waals surface area contributed by atoms with Crippen molar-refractivity contribution in [3.05, 3.63) is 124 Å². The Kier molecular flexibility index (Phi) is 12.0. The van der Waals surface area contributed by atoms with E-state index in [1.54, 1.807) is 60.7 Å². The van der Waals surface area contributed by atoms with E-state index in [0.717, 1.165) is 35.6 Å². The van der Waals surface area contributed by atoms with Crippen molar-refractivity contribution in [2.24, 2.45) is 0 Å². The normalized spacial score (nSPS) is 13.9. The molecule has 0 heterocycles. The number of hydrogen-bond acceptors (Lipinski definition) is 5. The summed E-state index contributed by atoms with van der Waals surface area (Å²) in [4.78, 5) is 30.3. The number of carbonyl (C=O) groups excluding carboxylic acids is 2. The summed E-state index contributed by atoms with van der Waals surface area (Å²) in [6, 6.07) is 28.1. The zero-order valence-corrected chi connectivity index (χ0v) is 29.1. The lowest BCUT2D eigenvalue weighted by Crippen LogP contribution is -2.54. The average molecular weight is 709 g/mol. The van der Waals surface area contributed by atoms with Crippen molar-refractivity contribution in [1.29, 1.82) is 0 Å². The van der Waals surface area contributed by atoms with Gasteiger partial charge in [-0.2, -0.15) is 0 Å². The van der Waals surface area contributed by atoms with Gasteiger partial charge >= 0.3 is 0 Å². The van der Waals surface area contributed by atoms with E-state index in [9.17, 15) is 18.0 Å². The first-order valence-corrected chi connectivity index (χ1v) is 18.2. The Hall–Kier alpha value is -4.05. The molecule has 11 heteroatoms. The zero-order chi connectivity index (χ0) is 34.1. The fraction of sp³-hybridized carbons (Fsp3) is 0.297. The molecule has 8 nitrogen and oxygen atoms in total. The number of carbonyl (C=O) groups is 2. The molecule has 4 aromatic rings. The molecule has 0 aromatic heterocycles. The lowest BCUT2D eigenvalue weighted by molar-refractivity contribution is -0.140. The molecule has 252 valence electrons. The van der Waals surface area contributed by atoms with Crippen LogP contribution < -0.4 is 14.4 Å². The quantitative estimate of drug-likeness (QED) is 0.149. The number of hydrogen-bond donors (Lipinski definition) is 1. The number of amides is 2. The molecule has 1 N–H and O–H groups in total. The van der Waals surface area contributed by atoms with Gasteiger partial charge in [0.15, 0.2) is 0 Å². The summed E-state index contributed by atoms with van der Waals surface area (Å²) in [5, 5.41) is 3.83. The molecule has 0 bridgehead atoms. The molecule has 5 rings (SSSR count). The number of nitrogens with one attached hydrogen (secondary N) is 1. The molecule has 0 spiro atoms. The predicted octanol–water partition coefficient (Wildman–Crippen LogP) is 7.29. The Balaban J connectivity index is 1.57. The third-order valence-electron chi connectivity index (χ3n) is 8.36. The third kappa shape index (κ3) is 8.89. The van der Waals surface area contributed by atoms with E-state index in [4.69, 9.17) is 27.9 Å². The molecule has 1 fully saturated rings. The summed E-state index contributed by atoms with van der Waals surface area (Å²) >= 11 is 12.6. The number of anilines is 1. The van der Waals surface area contributed by atoms with Crippen LogP contribution in [-0.4, -0.2) is 50.4 Å². The second kappa shape index (κ2) is 16.4. The van der Waals surface area contributed by atoms with Crippen molar-refractivity contribution in [2.45, 2.75) is 62.6 Å².